The highest BCUT2D eigenvalue weighted by Crippen LogP contribution is 2.55. The van der Waals surface area contributed by atoms with E-state index in [-0.39, 0.29) is 6.79 Å². The minimum atomic E-state index is -0.475. The zero-order chi connectivity index (χ0) is 20.8. The maximum absolute atomic E-state index is 6.53. The summed E-state index contributed by atoms with van der Waals surface area (Å²) in [5.74, 6) is 2.97. The summed E-state index contributed by atoms with van der Waals surface area (Å²) < 4.78 is 46.3. The summed E-state index contributed by atoms with van der Waals surface area (Å²) in [7, 11) is 6.41. The SMILES string of the molecule is COc1c2c(c3ccoc3c1OC)O[C@H](c1ccc3c(c1)OCO3)[C@@H](OC)[C@H]2OC. The zero-order valence-electron chi connectivity index (χ0n) is 17.1. The van der Waals surface area contributed by atoms with Gasteiger partial charge in [-0.25, -0.2) is 0 Å². The molecular formula is C22H22O8. The van der Waals surface area contributed by atoms with E-state index in [1.807, 2.05) is 24.3 Å². The Hall–Kier alpha value is -3.10. The molecule has 0 unspecified atom stereocenters. The quantitative estimate of drug-likeness (QED) is 0.620. The summed E-state index contributed by atoms with van der Waals surface area (Å²) in [5.41, 5.74) is 2.14. The Labute approximate surface area is 173 Å². The summed E-state index contributed by atoms with van der Waals surface area (Å²) in [6.07, 6.45) is 0.206. The van der Waals surface area contributed by atoms with E-state index in [4.69, 9.17) is 37.6 Å². The van der Waals surface area contributed by atoms with Gasteiger partial charge in [-0.1, -0.05) is 6.07 Å². The van der Waals surface area contributed by atoms with Crippen LogP contribution in [0.4, 0.5) is 0 Å². The highest BCUT2D eigenvalue weighted by molar-refractivity contribution is 5.94. The Kier molecular flexibility index (Phi) is 4.60. The third kappa shape index (κ3) is 2.60. The first kappa shape index (κ1) is 18.9. The zero-order valence-corrected chi connectivity index (χ0v) is 17.1. The van der Waals surface area contributed by atoms with Crippen LogP contribution < -0.4 is 23.7 Å². The molecule has 3 heterocycles. The van der Waals surface area contributed by atoms with E-state index in [1.54, 1.807) is 34.7 Å². The van der Waals surface area contributed by atoms with Gasteiger partial charge in [0.25, 0.3) is 0 Å². The van der Waals surface area contributed by atoms with Crippen molar-refractivity contribution in [3.8, 4) is 28.7 Å². The maximum Gasteiger partial charge on any atom is 0.231 e. The molecule has 0 radical (unpaired) electrons. The standard InChI is InChI=1S/C22H22O8/c1-23-19-15-17(12-7-8-27-18(12)22(26-4)20(15)24-2)30-16(21(19)25-3)11-5-6-13-14(9-11)29-10-28-13/h5-9,16,19,21H,10H2,1-4H3/t16-,19+,21-/m1/s1. The fraction of sp³-hybridized carbons (Fsp3) is 0.364. The van der Waals surface area contributed by atoms with E-state index >= 15 is 0 Å². The molecule has 158 valence electrons. The van der Waals surface area contributed by atoms with Crippen LogP contribution in [0.3, 0.4) is 0 Å². The highest BCUT2D eigenvalue weighted by Gasteiger charge is 2.44. The van der Waals surface area contributed by atoms with E-state index < -0.39 is 18.3 Å². The molecule has 8 heteroatoms. The van der Waals surface area contributed by atoms with E-state index in [2.05, 4.69) is 0 Å². The summed E-state index contributed by atoms with van der Waals surface area (Å²) >= 11 is 0. The van der Waals surface area contributed by atoms with Crippen molar-refractivity contribution in [2.45, 2.75) is 18.3 Å². The van der Waals surface area contributed by atoms with Crippen LogP contribution in [0, 0.1) is 0 Å². The van der Waals surface area contributed by atoms with Gasteiger partial charge in [-0.15, -0.1) is 0 Å². The molecule has 0 N–H and O–H groups in total. The van der Waals surface area contributed by atoms with Gasteiger partial charge in [0.1, 0.15) is 18.0 Å². The fourth-order valence-electron chi connectivity index (χ4n) is 4.28. The minimum absolute atomic E-state index is 0.203. The summed E-state index contributed by atoms with van der Waals surface area (Å²) in [6.45, 7) is 0.203. The van der Waals surface area contributed by atoms with E-state index in [9.17, 15) is 0 Å². The molecule has 8 nitrogen and oxygen atoms in total. The molecule has 5 rings (SSSR count). The second-order valence-corrected chi connectivity index (χ2v) is 6.98. The number of hydrogen-bond donors (Lipinski definition) is 0. The predicted molar refractivity (Wildman–Crippen MR) is 106 cm³/mol. The van der Waals surface area contributed by atoms with Crippen LogP contribution in [-0.2, 0) is 9.47 Å². The van der Waals surface area contributed by atoms with Crippen LogP contribution in [0.15, 0.2) is 34.9 Å². The highest BCUT2D eigenvalue weighted by atomic mass is 16.7. The number of furan rings is 1. The lowest BCUT2D eigenvalue weighted by Gasteiger charge is -2.39. The van der Waals surface area contributed by atoms with Gasteiger partial charge >= 0.3 is 0 Å². The van der Waals surface area contributed by atoms with Gasteiger partial charge in [0, 0.05) is 14.2 Å². The monoisotopic (exact) mass is 414 g/mol. The normalized spacial score (nSPS) is 21.9. The van der Waals surface area contributed by atoms with Crippen molar-refractivity contribution in [3.05, 3.63) is 41.7 Å². The number of hydrogen-bond acceptors (Lipinski definition) is 8. The molecule has 0 spiro atoms. The van der Waals surface area contributed by atoms with Crippen molar-refractivity contribution in [2.75, 3.05) is 35.2 Å². The van der Waals surface area contributed by atoms with Crippen molar-refractivity contribution in [1.29, 1.82) is 0 Å². The first-order valence-corrected chi connectivity index (χ1v) is 9.48. The van der Waals surface area contributed by atoms with Crippen LogP contribution in [-0.4, -0.2) is 41.3 Å². The number of fused-ring (bicyclic) bond motifs is 4. The second kappa shape index (κ2) is 7.30. The van der Waals surface area contributed by atoms with Crippen LogP contribution >= 0.6 is 0 Å². The molecule has 0 saturated heterocycles. The average molecular weight is 414 g/mol. The third-order valence-corrected chi connectivity index (χ3v) is 5.60. The molecular weight excluding hydrogens is 392 g/mol. The molecule has 0 aliphatic carbocycles. The van der Waals surface area contributed by atoms with Gasteiger partial charge in [-0.2, -0.15) is 0 Å². The van der Waals surface area contributed by atoms with Crippen LogP contribution in [0.2, 0.25) is 0 Å². The third-order valence-electron chi connectivity index (χ3n) is 5.60. The minimum Gasteiger partial charge on any atom is -0.492 e. The maximum atomic E-state index is 6.53. The van der Waals surface area contributed by atoms with E-state index in [0.717, 1.165) is 16.5 Å². The molecule has 0 fully saturated rings. The van der Waals surface area contributed by atoms with Crippen molar-refractivity contribution >= 4 is 11.0 Å². The molecule has 0 bridgehead atoms. The lowest BCUT2D eigenvalue weighted by atomic mass is 9.89. The van der Waals surface area contributed by atoms with Crippen molar-refractivity contribution in [2.24, 2.45) is 0 Å². The van der Waals surface area contributed by atoms with Gasteiger partial charge < -0.3 is 37.6 Å². The van der Waals surface area contributed by atoms with Crippen LogP contribution in [0.1, 0.15) is 23.3 Å². The summed E-state index contributed by atoms with van der Waals surface area (Å²) in [6, 6.07) is 7.55. The van der Waals surface area contributed by atoms with Gasteiger partial charge in [-0.3, -0.25) is 0 Å². The molecule has 2 aliphatic rings. The lowest BCUT2D eigenvalue weighted by molar-refractivity contribution is -0.106. The molecule has 30 heavy (non-hydrogen) atoms. The van der Waals surface area contributed by atoms with Crippen molar-refractivity contribution in [3.63, 3.8) is 0 Å². The molecule has 1 aromatic heterocycles. The molecule has 3 atom stereocenters. The Morgan fingerprint density at radius 2 is 1.70 bits per heavy atom. The van der Waals surface area contributed by atoms with Crippen molar-refractivity contribution < 1.29 is 37.6 Å². The number of rotatable bonds is 5. The topological polar surface area (TPSA) is 77.8 Å². The van der Waals surface area contributed by atoms with Gasteiger partial charge in [-0.05, 0) is 23.8 Å². The smallest absolute Gasteiger partial charge is 0.231 e. The Morgan fingerprint density at radius 3 is 2.43 bits per heavy atom. The molecule has 0 amide bonds. The predicted octanol–water partition coefficient (Wildman–Crippen LogP) is 4.01. The van der Waals surface area contributed by atoms with Gasteiger partial charge in [0.2, 0.25) is 12.5 Å². The van der Waals surface area contributed by atoms with Crippen LogP contribution in [0.5, 0.6) is 28.7 Å². The number of ether oxygens (including phenoxy) is 7. The van der Waals surface area contributed by atoms with Crippen LogP contribution in [0.25, 0.3) is 11.0 Å². The van der Waals surface area contributed by atoms with Gasteiger partial charge in [0.15, 0.2) is 28.9 Å². The molecule has 2 aromatic carbocycles. The Morgan fingerprint density at radius 1 is 0.900 bits per heavy atom. The summed E-state index contributed by atoms with van der Waals surface area (Å²) in [4.78, 5) is 0. The Bertz CT molecular complexity index is 1090. The number of methoxy groups -OCH3 is 4. The first-order chi connectivity index (χ1) is 14.7. The molecule has 0 saturated carbocycles. The molecule has 2 aliphatic heterocycles. The van der Waals surface area contributed by atoms with E-state index in [0.29, 0.717) is 34.3 Å². The molecule has 3 aromatic rings. The second-order valence-electron chi connectivity index (χ2n) is 6.98. The fourth-order valence-corrected chi connectivity index (χ4v) is 4.28. The number of benzene rings is 2. The first-order valence-electron chi connectivity index (χ1n) is 9.48. The average Bonchev–Trinajstić information content (AvgIpc) is 3.45. The summed E-state index contributed by atoms with van der Waals surface area (Å²) in [5, 5.41) is 0.769. The van der Waals surface area contributed by atoms with Crippen molar-refractivity contribution in [1.82, 2.24) is 0 Å². The largest absolute Gasteiger partial charge is 0.492 e. The van der Waals surface area contributed by atoms with E-state index in [1.165, 1.54) is 0 Å². The Balaban J connectivity index is 1.72. The van der Waals surface area contributed by atoms with Gasteiger partial charge in [0.05, 0.1) is 31.4 Å². The lowest BCUT2D eigenvalue weighted by Crippen LogP contribution is -2.37.